The second kappa shape index (κ2) is 27.6. The van der Waals surface area contributed by atoms with Crippen molar-refractivity contribution in [3.63, 3.8) is 0 Å². The molecule has 0 amide bonds. The van der Waals surface area contributed by atoms with Gasteiger partial charge in [0.05, 0.1) is 5.30 Å². The third kappa shape index (κ3) is 20.1. The quantitative estimate of drug-likeness (QED) is 0.0825. The Bertz CT molecular complexity index is 2350. The first-order valence-corrected chi connectivity index (χ1v) is 21.6. The molecule has 1 unspecified atom stereocenters. The Labute approximate surface area is 371 Å². The Balaban J connectivity index is 0. The van der Waals surface area contributed by atoms with E-state index in [-0.39, 0.29) is 23.9 Å². The molecule has 0 saturated carbocycles. The maximum absolute atomic E-state index is 12.5. The summed E-state index contributed by atoms with van der Waals surface area (Å²) in [5.41, 5.74) is 4.87. The number of carbonyl (C=O) groups excluding carboxylic acids is 1. The molecule has 0 N–H and O–H groups in total. The number of carboxylic acids is 1. The number of hydrogen-bond donors (Lipinski definition) is 0. The number of halogens is 4. The molecule has 18 heteroatoms. The van der Waals surface area contributed by atoms with Crippen LogP contribution in [0.1, 0.15) is 45.2 Å². The van der Waals surface area contributed by atoms with Crippen molar-refractivity contribution in [2.24, 2.45) is 0 Å². The van der Waals surface area contributed by atoms with Gasteiger partial charge in [0.25, 0.3) is 0 Å². The largest absolute Gasteiger partial charge is 2.00 e. The number of carboxylic acid groups (broad SMARTS) is 1. The smallest absolute Gasteiger partial charge is 0.542 e. The SMILES string of the molecule is C.CO[PH](=O)c1c2ccc(=[N+](C)C)cc-2sc2cc(C)ccc12.Cc1ccc2cc3ccc(=[N+](C)C)cc-3sc2c1.O=C([O-])C(F)(F)F.[CH2-]CC.[CH2-]CC.[Ni+2].[O-][Cl+3]([O-])([O-])[O-]. The average Bonchev–Trinajstić information content (AvgIpc) is 3.12. The van der Waals surface area contributed by atoms with Crippen molar-refractivity contribution < 1.29 is 77.5 Å². The van der Waals surface area contributed by atoms with Crippen LogP contribution in [0, 0.1) is 37.9 Å². The van der Waals surface area contributed by atoms with Crippen LogP contribution in [0.5, 0.6) is 0 Å². The van der Waals surface area contributed by atoms with Crippen LogP contribution >= 0.6 is 30.7 Å². The van der Waals surface area contributed by atoms with Crippen molar-refractivity contribution >= 4 is 62.1 Å². The summed E-state index contributed by atoms with van der Waals surface area (Å²) in [5.74, 6) is -3.01. The minimum atomic E-state index is -5.19. The topological polar surface area (TPSA) is 165 Å². The number of aliphatic carboxylic acids is 1. The summed E-state index contributed by atoms with van der Waals surface area (Å²) in [6.07, 6.45) is -3.19. The third-order valence-electron chi connectivity index (χ3n) is 7.21. The molecule has 334 valence electrons. The molecular formula is C42H53ClF3N2NiO8PS2. The molecule has 2 aliphatic carbocycles. The number of rotatable bonds is 2. The Morgan fingerprint density at radius 2 is 1.18 bits per heavy atom. The Morgan fingerprint density at radius 3 is 1.63 bits per heavy atom. The zero-order chi connectivity index (χ0) is 44.5. The summed E-state index contributed by atoms with van der Waals surface area (Å²) in [5, 5.41) is 14.4. The Kier molecular flexibility index (Phi) is 27.1. The fourth-order valence-electron chi connectivity index (χ4n) is 4.73. The van der Waals surface area contributed by atoms with Gasteiger partial charge in [0.1, 0.15) is 34.2 Å². The Morgan fingerprint density at radius 1 is 0.767 bits per heavy atom. The molecule has 0 saturated heterocycles. The molecule has 0 aromatic heterocycles. The molecule has 1 atom stereocenters. The van der Waals surface area contributed by atoms with Crippen LogP contribution in [0.25, 0.3) is 41.1 Å². The minimum absolute atomic E-state index is 0. The summed E-state index contributed by atoms with van der Waals surface area (Å²) in [4.78, 5) is 11.3. The van der Waals surface area contributed by atoms with Crippen LogP contribution in [0.3, 0.4) is 0 Å². The minimum Gasteiger partial charge on any atom is -0.542 e. The predicted molar refractivity (Wildman–Crippen MR) is 225 cm³/mol. The van der Waals surface area contributed by atoms with E-state index >= 15 is 0 Å². The summed E-state index contributed by atoms with van der Waals surface area (Å²) >= 11 is 3.60. The van der Waals surface area contributed by atoms with E-state index < -0.39 is 30.4 Å². The molecule has 2 aliphatic heterocycles. The van der Waals surface area contributed by atoms with Gasteiger partial charge in [-0.3, -0.25) is 4.57 Å². The normalized spacial score (nSPS) is 10.9. The fourth-order valence-corrected chi connectivity index (χ4v) is 8.36. The van der Waals surface area contributed by atoms with Gasteiger partial charge in [-0.1, -0.05) is 45.5 Å². The van der Waals surface area contributed by atoms with Crippen molar-refractivity contribution in [1.82, 2.24) is 9.15 Å². The van der Waals surface area contributed by atoms with Gasteiger partial charge < -0.3 is 28.3 Å². The molecule has 2 aromatic rings. The van der Waals surface area contributed by atoms with Gasteiger partial charge in [0.2, 0.25) is 18.7 Å². The summed E-state index contributed by atoms with van der Waals surface area (Å²) in [6.45, 7) is 15.2. The van der Waals surface area contributed by atoms with E-state index in [0.29, 0.717) is 0 Å². The zero-order valence-electron chi connectivity index (χ0n) is 34.1. The van der Waals surface area contributed by atoms with Crippen LogP contribution in [-0.4, -0.2) is 47.4 Å². The van der Waals surface area contributed by atoms with Gasteiger partial charge in [0, 0.05) is 61.5 Å². The van der Waals surface area contributed by atoms with Crippen molar-refractivity contribution in [1.29, 1.82) is 0 Å². The van der Waals surface area contributed by atoms with Gasteiger partial charge in [-0.2, -0.15) is 26.0 Å². The summed E-state index contributed by atoms with van der Waals surface area (Å²) in [6, 6.07) is 28.1. The van der Waals surface area contributed by atoms with E-state index in [1.54, 1.807) is 11.3 Å². The van der Waals surface area contributed by atoms with Gasteiger partial charge in [-0.25, -0.2) is 27.8 Å². The predicted octanol–water partition coefficient (Wildman–Crippen LogP) is 4.08. The van der Waals surface area contributed by atoms with E-state index in [4.69, 9.17) is 33.1 Å². The van der Waals surface area contributed by atoms with E-state index in [9.17, 15) is 17.7 Å². The first kappa shape index (κ1) is 58.8. The standard InChI is InChI=1S/C17H19NO2PS.C16H16NS.2C3H7.C2HF3O2.CH4.ClHO4.Ni/c1-11-5-7-13-15(9-11)22-16-10-12(18(2)3)6-8-14(16)17(13)21(19)20-4;1-11-4-5-12-9-13-6-7-14(17(2)3)10-16(13)18-15(12)8-11;2*1-3-2;3-2(4,5)1(6)7;;2-1(3,4)5;/h5-10,21H,1-4H3;4-10H,1-3H3;2*1,3H2,2H3;(H,6,7);1H4;(H,2,3,4,5);/q2*+1;2*-1;;;;+2/p-2. The van der Waals surface area contributed by atoms with E-state index in [1.165, 1.54) is 44.1 Å². The number of aryl methyl sites for hydroxylation is 2. The first-order valence-electron chi connectivity index (χ1n) is 17.4. The molecule has 0 fully saturated rings. The van der Waals surface area contributed by atoms with Crippen molar-refractivity contribution in [2.45, 2.75) is 54.1 Å². The molecule has 0 bridgehead atoms. The van der Waals surface area contributed by atoms with E-state index in [1.807, 2.05) is 39.3 Å². The number of benzene rings is 4. The summed E-state index contributed by atoms with van der Waals surface area (Å²) in [7, 11) is 2.52. The first-order chi connectivity index (χ1) is 26.9. The number of hydrogen-bond acceptors (Lipinski definition) is 10. The molecule has 10 nitrogen and oxygen atoms in total. The van der Waals surface area contributed by atoms with Gasteiger partial charge >= 0.3 is 22.7 Å². The fraction of sp³-hybridized carbons (Fsp3) is 0.310. The van der Waals surface area contributed by atoms with Crippen LogP contribution in [0.4, 0.5) is 13.2 Å². The molecule has 4 aliphatic rings. The monoisotopic (exact) mass is 958 g/mol. The second-order valence-electron chi connectivity index (χ2n) is 12.6. The van der Waals surface area contributed by atoms with Crippen LogP contribution in [-0.2, 0) is 30.4 Å². The molecule has 0 radical (unpaired) electrons. The second-order valence-corrected chi connectivity index (χ2v) is 17.0. The Hall–Kier alpha value is -3.27. The third-order valence-corrected chi connectivity index (χ3v) is 10.8. The number of carbonyl (C=O) groups is 1. The summed E-state index contributed by atoms with van der Waals surface area (Å²) < 4.78 is 90.0. The number of alkyl halides is 3. The van der Waals surface area contributed by atoms with Crippen LogP contribution < -0.4 is 48.9 Å². The van der Waals surface area contributed by atoms with Crippen molar-refractivity contribution in [3.8, 4) is 20.9 Å². The molecule has 2 heterocycles. The van der Waals surface area contributed by atoms with Crippen molar-refractivity contribution in [3.05, 3.63) is 115 Å². The molecule has 60 heavy (non-hydrogen) atoms. The van der Waals surface area contributed by atoms with E-state index in [2.05, 4.69) is 130 Å². The molecule has 6 rings (SSSR count). The average molecular weight is 960 g/mol. The number of fused-ring (bicyclic) bond motifs is 4. The van der Waals surface area contributed by atoms with Gasteiger partial charge in [0.15, 0.2) is 0 Å². The van der Waals surface area contributed by atoms with Crippen molar-refractivity contribution in [2.75, 3.05) is 35.3 Å². The zero-order valence-corrected chi connectivity index (χ0v) is 38.5. The maximum atomic E-state index is 12.5. The van der Waals surface area contributed by atoms with Crippen LogP contribution in [0.2, 0.25) is 0 Å². The molecule has 2 aromatic carbocycles. The maximum Gasteiger partial charge on any atom is 2.00 e. The van der Waals surface area contributed by atoms with Gasteiger partial charge in [-0.15, -0.1) is 32.9 Å². The van der Waals surface area contributed by atoms with E-state index in [0.717, 1.165) is 44.0 Å². The molecular weight excluding hydrogens is 907 g/mol. The van der Waals surface area contributed by atoms with Crippen LogP contribution in [0.15, 0.2) is 78.9 Å². The number of nitrogens with zero attached hydrogens (tertiary/aromatic N) is 2. The molecule has 0 spiro atoms. The van der Waals surface area contributed by atoms with Gasteiger partial charge in [-0.05, 0) is 66.3 Å².